The number of nitrogens with zero attached hydrogens (tertiary/aromatic N) is 1. The highest BCUT2D eigenvalue weighted by Gasteiger charge is 2.18. The molecule has 0 aliphatic carbocycles. The van der Waals surface area contributed by atoms with E-state index in [9.17, 15) is 4.79 Å². The number of aromatic nitrogens is 1. The Morgan fingerprint density at radius 2 is 2.24 bits per heavy atom. The molecule has 1 rings (SSSR count). The Labute approximate surface area is 102 Å². The van der Waals surface area contributed by atoms with Gasteiger partial charge in [0, 0.05) is 17.8 Å². The number of rotatable bonds is 7. The third-order valence-corrected chi connectivity index (χ3v) is 2.76. The standard InChI is InChI=1S/C13H20N2O2/c1-10-5-4-7-12(15-10)9-11(13(16)17)6-2-3-8-14/h4-5,7,11H,2-3,6,8-9,14H2,1H3,(H,16,17). The fourth-order valence-electron chi connectivity index (χ4n) is 1.81. The Hall–Kier alpha value is -1.42. The molecule has 0 saturated heterocycles. The van der Waals surface area contributed by atoms with E-state index in [2.05, 4.69) is 4.98 Å². The molecule has 4 nitrogen and oxygen atoms in total. The van der Waals surface area contributed by atoms with E-state index in [0.717, 1.165) is 24.2 Å². The van der Waals surface area contributed by atoms with Gasteiger partial charge in [-0.25, -0.2) is 0 Å². The Morgan fingerprint density at radius 3 is 2.82 bits per heavy atom. The normalized spacial score (nSPS) is 12.4. The second kappa shape index (κ2) is 7.01. The molecule has 1 heterocycles. The monoisotopic (exact) mass is 236 g/mol. The molecule has 1 aromatic rings. The minimum Gasteiger partial charge on any atom is -0.481 e. The lowest BCUT2D eigenvalue weighted by Crippen LogP contribution is -2.17. The Kier molecular flexibility index (Phi) is 5.63. The first-order valence-corrected chi connectivity index (χ1v) is 5.99. The lowest BCUT2D eigenvalue weighted by Gasteiger charge is -2.11. The van der Waals surface area contributed by atoms with Gasteiger partial charge in [-0.05, 0) is 38.4 Å². The van der Waals surface area contributed by atoms with Gasteiger partial charge >= 0.3 is 5.97 Å². The first kappa shape index (κ1) is 13.6. The quantitative estimate of drug-likeness (QED) is 0.707. The number of pyridine rings is 1. The first-order chi connectivity index (χ1) is 8.13. The van der Waals surface area contributed by atoms with Crippen LogP contribution in [0.5, 0.6) is 0 Å². The van der Waals surface area contributed by atoms with Crippen molar-refractivity contribution in [1.29, 1.82) is 0 Å². The van der Waals surface area contributed by atoms with Crippen LogP contribution in [0.1, 0.15) is 30.7 Å². The van der Waals surface area contributed by atoms with E-state index in [1.165, 1.54) is 0 Å². The molecule has 0 amide bonds. The molecule has 0 aliphatic heterocycles. The molecule has 0 saturated carbocycles. The van der Waals surface area contributed by atoms with Crippen molar-refractivity contribution < 1.29 is 9.90 Å². The van der Waals surface area contributed by atoms with Gasteiger partial charge in [-0.15, -0.1) is 0 Å². The van der Waals surface area contributed by atoms with Crippen molar-refractivity contribution in [2.45, 2.75) is 32.6 Å². The van der Waals surface area contributed by atoms with Gasteiger partial charge in [0.1, 0.15) is 0 Å². The van der Waals surface area contributed by atoms with Gasteiger partial charge in [-0.1, -0.05) is 12.5 Å². The third-order valence-electron chi connectivity index (χ3n) is 2.76. The van der Waals surface area contributed by atoms with E-state index < -0.39 is 5.97 Å². The largest absolute Gasteiger partial charge is 0.481 e. The molecule has 1 aromatic heterocycles. The molecule has 0 spiro atoms. The summed E-state index contributed by atoms with van der Waals surface area (Å²) in [7, 11) is 0. The first-order valence-electron chi connectivity index (χ1n) is 5.99. The van der Waals surface area contributed by atoms with E-state index in [1.54, 1.807) is 0 Å². The van der Waals surface area contributed by atoms with Crippen molar-refractivity contribution >= 4 is 5.97 Å². The summed E-state index contributed by atoms with van der Waals surface area (Å²) in [5.41, 5.74) is 7.18. The molecular formula is C13H20N2O2. The number of carbonyl (C=O) groups is 1. The summed E-state index contributed by atoms with van der Waals surface area (Å²) in [4.78, 5) is 15.5. The highest BCUT2D eigenvalue weighted by Crippen LogP contribution is 2.14. The second-order valence-electron chi connectivity index (χ2n) is 4.29. The SMILES string of the molecule is Cc1cccc(CC(CCCCN)C(=O)O)n1. The van der Waals surface area contributed by atoms with Crippen molar-refractivity contribution in [2.24, 2.45) is 11.7 Å². The molecule has 1 unspecified atom stereocenters. The summed E-state index contributed by atoms with van der Waals surface area (Å²) in [5, 5.41) is 9.14. The van der Waals surface area contributed by atoms with E-state index in [-0.39, 0.29) is 5.92 Å². The highest BCUT2D eigenvalue weighted by atomic mass is 16.4. The van der Waals surface area contributed by atoms with Crippen molar-refractivity contribution in [3.05, 3.63) is 29.6 Å². The lowest BCUT2D eigenvalue weighted by atomic mass is 9.96. The molecule has 3 N–H and O–H groups in total. The Bertz CT molecular complexity index is 366. The zero-order valence-corrected chi connectivity index (χ0v) is 10.2. The number of unbranched alkanes of at least 4 members (excludes halogenated alkanes) is 1. The van der Waals surface area contributed by atoms with Gasteiger partial charge in [0.25, 0.3) is 0 Å². The van der Waals surface area contributed by atoms with Crippen LogP contribution in [-0.2, 0) is 11.2 Å². The Morgan fingerprint density at radius 1 is 1.47 bits per heavy atom. The van der Waals surface area contributed by atoms with Crippen molar-refractivity contribution in [1.82, 2.24) is 4.98 Å². The molecule has 1 atom stereocenters. The maximum atomic E-state index is 11.1. The van der Waals surface area contributed by atoms with Gasteiger partial charge < -0.3 is 10.8 Å². The van der Waals surface area contributed by atoms with Gasteiger partial charge in [0.2, 0.25) is 0 Å². The maximum Gasteiger partial charge on any atom is 0.306 e. The summed E-state index contributed by atoms with van der Waals surface area (Å²) >= 11 is 0. The van der Waals surface area contributed by atoms with E-state index in [4.69, 9.17) is 10.8 Å². The van der Waals surface area contributed by atoms with Crippen LogP contribution >= 0.6 is 0 Å². The lowest BCUT2D eigenvalue weighted by molar-refractivity contribution is -0.142. The average Bonchev–Trinajstić information content (AvgIpc) is 2.28. The molecule has 0 fully saturated rings. The number of aliphatic carboxylic acids is 1. The summed E-state index contributed by atoms with van der Waals surface area (Å²) in [5.74, 6) is -1.10. The van der Waals surface area contributed by atoms with Crippen molar-refractivity contribution in [3.8, 4) is 0 Å². The molecular weight excluding hydrogens is 216 g/mol. The summed E-state index contributed by atoms with van der Waals surface area (Å²) < 4.78 is 0. The number of carboxylic acid groups (broad SMARTS) is 1. The highest BCUT2D eigenvalue weighted by molar-refractivity contribution is 5.70. The zero-order chi connectivity index (χ0) is 12.7. The smallest absolute Gasteiger partial charge is 0.306 e. The minimum absolute atomic E-state index is 0.351. The topological polar surface area (TPSA) is 76.2 Å². The predicted molar refractivity (Wildman–Crippen MR) is 66.7 cm³/mol. The van der Waals surface area contributed by atoms with Crippen LogP contribution in [0.25, 0.3) is 0 Å². The van der Waals surface area contributed by atoms with Crippen LogP contribution in [0.15, 0.2) is 18.2 Å². The molecule has 0 radical (unpaired) electrons. The van der Waals surface area contributed by atoms with Gasteiger partial charge in [-0.3, -0.25) is 9.78 Å². The van der Waals surface area contributed by atoms with Crippen LogP contribution in [0.3, 0.4) is 0 Å². The predicted octanol–water partition coefficient (Wildman–Crippen LogP) is 1.76. The molecule has 94 valence electrons. The molecule has 0 bridgehead atoms. The maximum absolute atomic E-state index is 11.1. The number of nitrogens with two attached hydrogens (primary N) is 1. The Balaban J connectivity index is 2.57. The van der Waals surface area contributed by atoms with Gasteiger partial charge in [0.05, 0.1) is 5.92 Å². The summed E-state index contributed by atoms with van der Waals surface area (Å²) in [6, 6.07) is 5.70. The van der Waals surface area contributed by atoms with E-state index in [0.29, 0.717) is 19.4 Å². The van der Waals surface area contributed by atoms with Gasteiger partial charge in [-0.2, -0.15) is 0 Å². The zero-order valence-electron chi connectivity index (χ0n) is 10.2. The minimum atomic E-state index is -0.745. The van der Waals surface area contributed by atoms with Crippen LogP contribution in [0, 0.1) is 12.8 Å². The molecule has 0 aliphatic rings. The molecule has 0 aromatic carbocycles. The van der Waals surface area contributed by atoms with E-state index >= 15 is 0 Å². The van der Waals surface area contributed by atoms with Crippen LogP contribution in [0.2, 0.25) is 0 Å². The average molecular weight is 236 g/mol. The van der Waals surface area contributed by atoms with E-state index in [1.807, 2.05) is 25.1 Å². The second-order valence-corrected chi connectivity index (χ2v) is 4.29. The van der Waals surface area contributed by atoms with Crippen LogP contribution in [-0.4, -0.2) is 22.6 Å². The van der Waals surface area contributed by atoms with Crippen molar-refractivity contribution in [2.75, 3.05) is 6.54 Å². The van der Waals surface area contributed by atoms with Gasteiger partial charge in [0.15, 0.2) is 0 Å². The summed E-state index contributed by atoms with van der Waals surface area (Å²) in [6.07, 6.45) is 2.91. The van der Waals surface area contributed by atoms with Crippen molar-refractivity contribution in [3.63, 3.8) is 0 Å². The fraction of sp³-hybridized carbons (Fsp3) is 0.538. The molecule has 4 heteroatoms. The molecule has 17 heavy (non-hydrogen) atoms. The number of hydrogen-bond donors (Lipinski definition) is 2. The fourth-order valence-corrected chi connectivity index (χ4v) is 1.81. The van der Waals surface area contributed by atoms with Crippen LogP contribution in [0.4, 0.5) is 0 Å². The number of carboxylic acids is 1. The third kappa shape index (κ3) is 4.95. The van der Waals surface area contributed by atoms with Crippen LogP contribution < -0.4 is 5.73 Å². The number of aryl methyl sites for hydroxylation is 1. The summed E-state index contributed by atoms with van der Waals surface area (Å²) in [6.45, 7) is 2.53. The number of hydrogen-bond acceptors (Lipinski definition) is 3.